The van der Waals surface area contributed by atoms with Crippen molar-refractivity contribution in [3.05, 3.63) is 46.8 Å². The van der Waals surface area contributed by atoms with Crippen molar-refractivity contribution in [1.29, 1.82) is 0 Å². The average molecular weight is 493 g/mol. The zero-order chi connectivity index (χ0) is 25.6. The maximum Gasteiger partial charge on any atom is 0.254 e. The summed E-state index contributed by atoms with van der Waals surface area (Å²) in [4.78, 5) is 42.6. The third-order valence-corrected chi connectivity index (χ3v) is 8.02. The summed E-state index contributed by atoms with van der Waals surface area (Å²) < 4.78 is 7.33. The van der Waals surface area contributed by atoms with Gasteiger partial charge in [-0.2, -0.15) is 5.10 Å². The number of piperidine rings is 1. The summed E-state index contributed by atoms with van der Waals surface area (Å²) in [5, 5.41) is 5.12. The summed E-state index contributed by atoms with van der Waals surface area (Å²) in [6.45, 7) is 7.94. The molecule has 0 bridgehead atoms. The van der Waals surface area contributed by atoms with Crippen LogP contribution in [0.1, 0.15) is 97.1 Å². The molecule has 3 heterocycles. The first-order valence-corrected chi connectivity index (χ1v) is 13.0. The summed E-state index contributed by atoms with van der Waals surface area (Å²) >= 11 is 0. The van der Waals surface area contributed by atoms with Gasteiger partial charge in [0.15, 0.2) is 5.78 Å². The van der Waals surface area contributed by atoms with Crippen LogP contribution in [0, 0.1) is 5.41 Å². The van der Waals surface area contributed by atoms with Gasteiger partial charge < -0.3 is 14.5 Å². The highest BCUT2D eigenvalue weighted by atomic mass is 16.5. The number of methoxy groups -OCH3 is 1. The fraction of sp³-hybridized carbons (Fsp3) is 0.571. The van der Waals surface area contributed by atoms with E-state index in [1.165, 1.54) is 0 Å². The number of hydrogen-bond donors (Lipinski definition) is 0. The summed E-state index contributed by atoms with van der Waals surface area (Å²) in [6, 6.07) is 7.12. The second-order valence-electron chi connectivity index (χ2n) is 11.2. The van der Waals surface area contributed by atoms with Crippen molar-refractivity contribution >= 4 is 17.6 Å². The molecule has 1 aromatic heterocycles. The zero-order valence-corrected chi connectivity index (χ0v) is 21.7. The van der Waals surface area contributed by atoms with E-state index in [0.717, 1.165) is 49.1 Å². The van der Waals surface area contributed by atoms with E-state index in [2.05, 4.69) is 18.5 Å². The number of ether oxygens (including phenoxy) is 1. The monoisotopic (exact) mass is 492 g/mol. The van der Waals surface area contributed by atoms with Gasteiger partial charge in [-0.3, -0.25) is 19.1 Å². The Morgan fingerprint density at radius 3 is 2.36 bits per heavy atom. The molecule has 8 heteroatoms. The van der Waals surface area contributed by atoms with Gasteiger partial charge in [0.1, 0.15) is 5.75 Å². The van der Waals surface area contributed by atoms with Crippen molar-refractivity contribution in [2.24, 2.45) is 5.41 Å². The lowest BCUT2D eigenvalue weighted by molar-refractivity contribution is -0.130. The molecule has 3 aliphatic rings. The lowest BCUT2D eigenvalue weighted by Crippen LogP contribution is -2.38. The standard InChI is InChI=1S/C28H36N4O4/c1-18(33)30-14-11-20(12-15-30)32-23-16-28(2,3)17-24(34)25(23)26(29-32)22-6-5-13-31(22)27(35)19-7-9-21(36-4)10-8-19/h7-10,20,22H,5-6,11-17H2,1-4H3/t22-/m1/s1. The van der Waals surface area contributed by atoms with Gasteiger partial charge in [-0.25, -0.2) is 0 Å². The van der Waals surface area contributed by atoms with Crippen molar-refractivity contribution in [3.63, 3.8) is 0 Å². The fourth-order valence-electron chi connectivity index (χ4n) is 6.15. The topological polar surface area (TPSA) is 84.7 Å². The normalized spacial score (nSPS) is 22.0. The van der Waals surface area contributed by atoms with Crippen LogP contribution in [-0.2, 0) is 11.2 Å². The molecular weight excluding hydrogens is 456 g/mol. The molecule has 8 nitrogen and oxygen atoms in total. The fourth-order valence-corrected chi connectivity index (χ4v) is 6.15. The van der Waals surface area contributed by atoms with Crippen molar-refractivity contribution in [3.8, 4) is 5.75 Å². The number of likely N-dealkylation sites (tertiary alicyclic amines) is 2. The van der Waals surface area contributed by atoms with Crippen molar-refractivity contribution in [2.75, 3.05) is 26.7 Å². The Balaban J connectivity index is 1.50. The van der Waals surface area contributed by atoms with Crippen LogP contribution in [0.25, 0.3) is 0 Å². The first-order chi connectivity index (χ1) is 17.2. The Labute approximate surface area is 212 Å². The molecule has 1 aliphatic carbocycles. The molecule has 0 radical (unpaired) electrons. The molecule has 192 valence electrons. The van der Waals surface area contributed by atoms with Gasteiger partial charge in [-0.1, -0.05) is 13.8 Å². The molecule has 5 rings (SSSR count). The highest BCUT2D eigenvalue weighted by Gasteiger charge is 2.42. The molecule has 0 unspecified atom stereocenters. The van der Waals surface area contributed by atoms with Gasteiger partial charge >= 0.3 is 0 Å². The van der Waals surface area contributed by atoms with Crippen LogP contribution in [0.5, 0.6) is 5.75 Å². The van der Waals surface area contributed by atoms with Crippen LogP contribution in [0.2, 0.25) is 0 Å². The Kier molecular flexibility index (Phi) is 6.39. The van der Waals surface area contributed by atoms with E-state index in [1.807, 2.05) is 9.80 Å². The van der Waals surface area contributed by atoms with E-state index in [0.29, 0.717) is 37.4 Å². The first-order valence-electron chi connectivity index (χ1n) is 13.0. The molecule has 2 fully saturated rings. The van der Waals surface area contributed by atoms with E-state index in [4.69, 9.17) is 9.84 Å². The highest BCUT2D eigenvalue weighted by molar-refractivity contribution is 6.00. The predicted molar refractivity (Wildman–Crippen MR) is 135 cm³/mol. The summed E-state index contributed by atoms with van der Waals surface area (Å²) in [5.41, 5.74) is 2.99. The molecule has 2 saturated heterocycles. The average Bonchev–Trinajstić information content (AvgIpc) is 3.48. The van der Waals surface area contributed by atoms with E-state index >= 15 is 0 Å². The first kappa shape index (κ1) is 24.5. The smallest absolute Gasteiger partial charge is 0.254 e. The number of amides is 2. The quantitative estimate of drug-likeness (QED) is 0.638. The van der Waals surface area contributed by atoms with Crippen LogP contribution < -0.4 is 4.74 Å². The van der Waals surface area contributed by atoms with Crippen molar-refractivity contribution in [1.82, 2.24) is 19.6 Å². The van der Waals surface area contributed by atoms with Crippen LogP contribution in [0.4, 0.5) is 0 Å². The number of aromatic nitrogens is 2. The molecule has 2 amide bonds. The number of ketones is 1. The second kappa shape index (κ2) is 9.37. The molecule has 2 aromatic rings. The van der Waals surface area contributed by atoms with Crippen molar-refractivity contribution in [2.45, 2.75) is 71.4 Å². The minimum absolute atomic E-state index is 0.0400. The summed E-state index contributed by atoms with van der Waals surface area (Å²) in [5.74, 6) is 0.905. The number of carbonyl (C=O) groups excluding carboxylic acids is 3. The number of benzene rings is 1. The minimum atomic E-state index is -0.211. The Morgan fingerprint density at radius 1 is 1.03 bits per heavy atom. The summed E-state index contributed by atoms with van der Waals surface area (Å²) in [6.07, 6.45) is 4.59. The maximum atomic E-state index is 13.5. The lowest BCUT2D eigenvalue weighted by Gasteiger charge is -2.34. The number of rotatable bonds is 4. The lowest BCUT2D eigenvalue weighted by atomic mass is 9.75. The van der Waals surface area contributed by atoms with Crippen LogP contribution in [0.15, 0.2) is 24.3 Å². The van der Waals surface area contributed by atoms with Gasteiger partial charge in [-0.05, 0) is 61.8 Å². The van der Waals surface area contributed by atoms with Gasteiger partial charge in [0.2, 0.25) is 5.91 Å². The second-order valence-corrected chi connectivity index (χ2v) is 11.2. The molecule has 0 saturated carbocycles. The van der Waals surface area contributed by atoms with E-state index < -0.39 is 0 Å². The molecule has 36 heavy (non-hydrogen) atoms. The molecule has 2 aliphatic heterocycles. The largest absolute Gasteiger partial charge is 0.497 e. The number of hydrogen-bond acceptors (Lipinski definition) is 5. The van der Waals surface area contributed by atoms with Crippen molar-refractivity contribution < 1.29 is 19.1 Å². The molecule has 0 N–H and O–H groups in total. The predicted octanol–water partition coefficient (Wildman–Crippen LogP) is 4.21. The van der Waals surface area contributed by atoms with E-state index in [-0.39, 0.29) is 35.1 Å². The van der Waals surface area contributed by atoms with E-state index in [9.17, 15) is 14.4 Å². The minimum Gasteiger partial charge on any atom is -0.497 e. The number of Topliss-reactive ketones (excluding diaryl/α,β-unsaturated/α-hetero) is 1. The van der Waals surface area contributed by atoms with Crippen LogP contribution in [0.3, 0.4) is 0 Å². The van der Waals surface area contributed by atoms with Gasteiger partial charge in [0, 0.05) is 38.5 Å². The Bertz CT molecular complexity index is 1170. The summed E-state index contributed by atoms with van der Waals surface area (Å²) in [7, 11) is 1.61. The van der Waals surface area contributed by atoms with Gasteiger partial charge in [0.05, 0.1) is 36.1 Å². The molecular formula is C28H36N4O4. The van der Waals surface area contributed by atoms with E-state index in [1.54, 1.807) is 38.3 Å². The zero-order valence-electron chi connectivity index (χ0n) is 21.7. The number of carbonyl (C=O) groups is 3. The number of fused-ring (bicyclic) bond motifs is 1. The Morgan fingerprint density at radius 2 is 1.72 bits per heavy atom. The SMILES string of the molecule is COc1ccc(C(=O)N2CCC[C@@H]2c2nn(C3CCN(C(C)=O)CC3)c3c2C(=O)CC(C)(C)C3)cc1. The Hall–Kier alpha value is -3.16. The molecule has 1 aromatic carbocycles. The molecule has 1 atom stereocenters. The highest BCUT2D eigenvalue weighted by Crippen LogP contribution is 2.43. The van der Waals surface area contributed by atoms with Crippen LogP contribution in [-0.4, -0.2) is 63.9 Å². The third-order valence-electron chi connectivity index (χ3n) is 8.02. The van der Waals surface area contributed by atoms with Crippen LogP contribution >= 0.6 is 0 Å². The maximum absolute atomic E-state index is 13.5. The number of nitrogens with zero attached hydrogens (tertiary/aromatic N) is 4. The third kappa shape index (κ3) is 4.42. The molecule has 0 spiro atoms. The van der Waals surface area contributed by atoms with Gasteiger partial charge in [-0.15, -0.1) is 0 Å². The van der Waals surface area contributed by atoms with Gasteiger partial charge in [0.25, 0.3) is 5.91 Å².